The second-order valence-corrected chi connectivity index (χ2v) is 4.76. The number of anilines is 1. The Bertz CT molecular complexity index is 644. The molecule has 2 rings (SSSR count). The van der Waals surface area contributed by atoms with Crippen LogP contribution in [-0.4, -0.2) is 26.6 Å². The predicted molar refractivity (Wildman–Crippen MR) is 72.8 cm³/mol. The third kappa shape index (κ3) is 2.98. The van der Waals surface area contributed by atoms with Crippen molar-refractivity contribution in [1.82, 2.24) is 8.75 Å². The Hall–Kier alpha value is -1.77. The van der Waals surface area contributed by atoms with Crippen LogP contribution < -0.4 is 16.8 Å². The molecule has 19 heavy (non-hydrogen) atoms. The molecule has 1 aromatic carbocycles. The second-order valence-electron chi connectivity index (χ2n) is 3.82. The largest absolute Gasteiger partial charge is 0.370 e. The van der Waals surface area contributed by atoms with E-state index in [9.17, 15) is 9.59 Å². The highest BCUT2D eigenvalue weighted by Gasteiger charge is 2.19. The normalized spacial score (nSPS) is 12.3. The Balaban J connectivity index is 2.25. The Morgan fingerprint density at radius 1 is 1.42 bits per heavy atom. The highest BCUT2D eigenvalue weighted by atomic mass is 35.5. The molecule has 0 bridgehead atoms. The van der Waals surface area contributed by atoms with Crippen LogP contribution in [0.5, 0.6) is 0 Å². The van der Waals surface area contributed by atoms with E-state index in [1.165, 1.54) is 0 Å². The summed E-state index contributed by atoms with van der Waals surface area (Å²) in [5.74, 6) is -1.21. The van der Waals surface area contributed by atoms with Crippen LogP contribution in [0.4, 0.5) is 5.69 Å². The van der Waals surface area contributed by atoms with Crippen molar-refractivity contribution in [1.29, 1.82) is 0 Å². The lowest BCUT2D eigenvalue weighted by atomic mass is 10.2. The molecule has 0 aliphatic rings. The van der Waals surface area contributed by atoms with Gasteiger partial charge in [0, 0.05) is 0 Å². The number of carbonyl (C=O) groups excluding carboxylic acids is 2. The molecule has 2 amide bonds. The first-order chi connectivity index (χ1) is 8.99. The lowest BCUT2D eigenvalue weighted by molar-refractivity contribution is -0.123. The Labute approximate surface area is 117 Å². The first-order valence-electron chi connectivity index (χ1n) is 5.24. The SMILES string of the molecule is NC(=O)CC(N)C(=O)Nc1c(Cl)ccc2nsnc12. The van der Waals surface area contributed by atoms with E-state index >= 15 is 0 Å². The van der Waals surface area contributed by atoms with Gasteiger partial charge in [-0.1, -0.05) is 11.6 Å². The number of halogens is 1. The fourth-order valence-corrected chi connectivity index (χ4v) is 2.21. The molecule has 9 heteroatoms. The Kier molecular flexibility index (Phi) is 3.93. The maximum Gasteiger partial charge on any atom is 0.241 e. The maximum absolute atomic E-state index is 11.8. The number of hydrogen-bond acceptors (Lipinski definition) is 6. The van der Waals surface area contributed by atoms with Crippen molar-refractivity contribution in [3.63, 3.8) is 0 Å². The molecule has 5 N–H and O–H groups in total. The molecule has 0 radical (unpaired) electrons. The van der Waals surface area contributed by atoms with Crippen LogP contribution in [0.2, 0.25) is 5.02 Å². The van der Waals surface area contributed by atoms with E-state index in [-0.39, 0.29) is 6.42 Å². The summed E-state index contributed by atoms with van der Waals surface area (Å²) >= 11 is 7.01. The van der Waals surface area contributed by atoms with Crippen molar-refractivity contribution < 1.29 is 9.59 Å². The number of carbonyl (C=O) groups is 2. The van der Waals surface area contributed by atoms with E-state index < -0.39 is 17.9 Å². The average molecular weight is 300 g/mol. The van der Waals surface area contributed by atoms with Gasteiger partial charge < -0.3 is 16.8 Å². The first-order valence-corrected chi connectivity index (χ1v) is 6.35. The van der Waals surface area contributed by atoms with Gasteiger partial charge in [-0.15, -0.1) is 0 Å². The number of nitrogens with two attached hydrogens (primary N) is 2. The summed E-state index contributed by atoms with van der Waals surface area (Å²) in [7, 11) is 0. The Morgan fingerprint density at radius 2 is 2.16 bits per heavy atom. The molecule has 0 spiro atoms. The lowest BCUT2D eigenvalue weighted by Gasteiger charge is -2.11. The van der Waals surface area contributed by atoms with Gasteiger partial charge in [-0.3, -0.25) is 9.59 Å². The molecule has 0 aliphatic heterocycles. The summed E-state index contributed by atoms with van der Waals surface area (Å²) < 4.78 is 8.09. The highest BCUT2D eigenvalue weighted by molar-refractivity contribution is 7.00. The standard InChI is InChI=1S/C10H10ClN5O2S/c11-4-1-2-6-9(16-19-15-6)8(4)14-10(18)5(12)3-7(13)17/h1-2,5H,3,12H2,(H2,13,17)(H,14,18). The van der Waals surface area contributed by atoms with Crippen LogP contribution in [0.1, 0.15) is 6.42 Å². The number of fused-ring (bicyclic) bond motifs is 1. The summed E-state index contributed by atoms with van der Waals surface area (Å²) in [5, 5.41) is 2.86. The van der Waals surface area contributed by atoms with E-state index in [2.05, 4.69) is 14.1 Å². The number of primary amides is 1. The summed E-state index contributed by atoms with van der Waals surface area (Å²) in [4.78, 5) is 22.5. The quantitative estimate of drug-likeness (QED) is 0.757. The highest BCUT2D eigenvalue weighted by Crippen LogP contribution is 2.29. The molecule has 1 aromatic heterocycles. The van der Waals surface area contributed by atoms with E-state index in [0.29, 0.717) is 21.7 Å². The molecule has 0 saturated heterocycles. The maximum atomic E-state index is 11.8. The van der Waals surface area contributed by atoms with E-state index in [1.807, 2.05) is 0 Å². The van der Waals surface area contributed by atoms with Gasteiger partial charge in [0.15, 0.2) is 0 Å². The van der Waals surface area contributed by atoms with Crippen molar-refractivity contribution in [3.05, 3.63) is 17.2 Å². The molecular formula is C10H10ClN5O2S. The van der Waals surface area contributed by atoms with Crippen molar-refractivity contribution in [2.75, 3.05) is 5.32 Å². The fourth-order valence-electron chi connectivity index (χ4n) is 1.47. The molecule has 1 atom stereocenters. The van der Waals surface area contributed by atoms with E-state index in [0.717, 1.165) is 11.7 Å². The van der Waals surface area contributed by atoms with Crippen LogP contribution in [0, 0.1) is 0 Å². The van der Waals surface area contributed by atoms with Gasteiger partial charge >= 0.3 is 0 Å². The van der Waals surface area contributed by atoms with Crippen LogP contribution in [0.15, 0.2) is 12.1 Å². The average Bonchev–Trinajstić information content (AvgIpc) is 2.80. The van der Waals surface area contributed by atoms with Gasteiger partial charge in [0.25, 0.3) is 0 Å². The summed E-state index contributed by atoms with van der Waals surface area (Å²) in [6, 6.07) is 2.26. The van der Waals surface area contributed by atoms with Gasteiger partial charge in [-0.2, -0.15) is 8.75 Å². The van der Waals surface area contributed by atoms with E-state index in [4.69, 9.17) is 23.1 Å². The van der Waals surface area contributed by atoms with Gasteiger partial charge in [0.1, 0.15) is 11.0 Å². The topological polar surface area (TPSA) is 124 Å². The molecule has 1 heterocycles. The summed E-state index contributed by atoms with van der Waals surface area (Å²) in [6.45, 7) is 0. The zero-order valence-electron chi connectivity index (χ0n) is 9.59. The second kappa shape index (κ2) is 5.47. The molecule has 0 aliphatic carbocycles. The molecule has 1 unspecified atom stereocenters. The molecule has 2 aromatic rings. The Morgan fingerprint density at radius 3 is 2.84 bits per heavy atom. The minimum atomic E-state index is -1.03. The lowest BCUT2D eigenvalue weighted by Crippen LogP contribution is -2.39. The third-order valence-electron chi connectivity index (χ3n) is 2.38. The first kappa shape index (κ1) is 13.7. The van der Waals surface area contributed by atoms with Crippen molar-refractivity contribution in [3.8, 4) is 0 Å². The third-order valence-corrected chi connectivity index (χ3v) is 3.24. The van der Waals surface area contributed by atoms with Crippen LogP contribution >= 0.6 is 23.3 Å². The smallest absolute Gasteiger partial charge is 0.241 e. The van der Waals surface area contributed by atoms with Crippen molar-refractivity contribution >= 4 is 51.9 Å². The fraction of sp³-hybridized carbons (Fsp3) is 0.200. The zero-order valence-corrected chi connectivity index (χ0v) is 11.2. The van der Waals surface area contributed by atoms with Gasteiger partial charge in [-0.25, -0.2) is 0 Å². The molecule has 0 fully saturated rings. The minimum Gasteiger partial charge on any atom is -0.370 e. The number of nitrogens with one attached hydrogen (secondary N) is 1. The molecule has 100 valence electrons. The monoisotopic (exact) mass is 299 g/mol. The molecule has 7 nitrogen and oxygen atoms in total. The van der Waals surface area contributed by atoms with Crippen molar-refractivity contribution in [2.45, 2.75) is 12.5 Å². The number of benzene rings is 1. The van der Waals surface area contributed by atoms with Crippen LogP contribution in [0.3, 0.4) is 0 Å². The minimum absolute atomic E-state index is 0.241. The predicted octanol–water partition coefficient (Wildman–Crippen LogP) is 0.486. The van der Waals surface area contributed by atoms with E-state index in [1.54, 1.807) is 12.1 Å². The summed E-state index contributed by atoms with van der Waals surface area (Å²) in [6.07, 6.45) is -0.241. The van der Waals surface area contributed by atoms with Gasteiger partial charge in [0.05, 0.1) is 34.9 Å². The number of rotatable bonds is 4. The van der Waals surface area contributed by atoms with Crippen LogP contribution in [0.25, 0.3) is 11.0 Å². The summed E-state index contributed by atoms with van der Waals surface area (Å²) in [5.41, 5.74) is 12.0. The number of aromatic nitrogens is 2. The van der Waals surface area contributed by atoms with Crippen molar-refractivity contribution in [2.24, 2.45) is 11.5 Å². The van der Waals surface area contributed by atoms with Gasteiger partial charge in [0.2, 0.25) is 11.8 Å². The van der Waals surface area contributed by atoms with Gasteiger partial charge in [-0.05, 0) is 12.1 Å². The number of hydrogen-bond donors (Lipinski definition) is 3. The van der Waals surface area contributed by atoms with Crippen LogP contribution in [-0.2, 0) is 9.59 Å². The zero-order chi connectivity index (χ0) is 14.0. The molecule has 0 saturated carbocycles. The number of amides is 2. The molecular weight excluding hydrogens is 290 g/mol. The number of nitrogens with zero attached hydrogens (tertiary/aromatic N) is 2.